The molecule has 0 radical (unpaired) electrons. The number of likely N-dealkylation sites (tertiary alicyclic amines) is 1. The fourth-order valence-corrected chi connectivity index (χ4v) is 4.88. The van der Waals surface area contributed by atoms with Crippen LogP contribution < -0.4 is 11.1 Å². The Hall–Kier alpha value is -3.26. The monoisotopic (exact) mass is 435 g/mol. The van der Waals surface area contributed by atoms with E-state index >= 15 is 0 Å². The molecule has 3 aromatic rings. The first-order chi connectivity index (χ1) is 15.0. The van der Waals surface area contributed by atoms with E-state index in [9.17, 15) is 9.59 Å². The van der Waals surface area contributed by atoms with Crippen LogP contribution in [0, 0.1) is 5.41 Å². The van der Waals surface area contributed by atoms with Gasteiger partial charge >= 0.3 is 0 Å². The molecule has 0 saturated carbocycles. The Bertz CT molecular complexity index is 1080. The van der Waals surface area contributed by atoms with Crippen molar-refractivity contribution < 1.29 is 9.59 Å². The third-order valence-corrected chi connectivity index (χ3v) is 6.58. The SMILES string of the molecule is CNC(=O)C1(Cc2ccccc2-c2ccccc2)CCN(C(=O)Cc2nnc(N)s2)C1. The molecule has 2 amide bonds. The van der Waals surface area contributed by atoms with Gasteiger partial charge in [0.25, 0.3) is 0 Å². The summed E-state index contributed by atoms with van der Waals surface area (Å²) in [5.74, 6) is -0.0934. The molecule has 0 spiro atoms. The minimum atomic E-state index is -0.671. The molecule has 2 heterocycles. The summed E-state index contributed by atoms with van der Waals surface area (Å²) in [6.45, 7) is 0.914. The van der Waals surface area contributed by atoms with Crippen molar-refractivity contribution in [1.82, 2.24) is 20.4 Å². The molecule has 1 aliphatic rings. The zero-order valence-corrected chi connectivity index (χ0v) is 18.2. The average Bonchev–Trinajstić information content (AvgIpc) is 3.41. The van der Waals surface area contributed by atoms with Crippen molar-refractivity contribution in [2.45, 2.75) is 19.3 Å². The number of hydrogen-bond acceptors (Lipinski definition) is 6. The smallest absolute Gasteiger partial charge is 0.229 e. The van der Waals surface area contributed by atoms with Gasteiger partial charge < -0.3 is 16.0 Å². The summed E-state index contributed by atoms with van der Waals surface area (Å²) < 4.78 is 0. The minimum absolute atomic E-state index is 0.0363. The third kappa shape index (κ3) is 4.44. The Balaban J connectivity index is 1.58. The Morgan fingerprint density at radius 3 is 2.58 bits per heavy atom. The lowest BCUT2D eigenvalue weighted by atomic mass is 9.78. The average molecular weight is 436 g/mol. The van der Waals surface area contributed by atoms with Crippen molar-refractivity contribution in [3.8, 4) is 11.1 Å². The molecule has 31 heavy (non-hydrogen) atoms. The summed E-state index contributed by atoms with van der Waals surface area (Å²) in [7, 11) is 1.65. The number of nitrogens with zero attached hydrogens (tertiary/aromatic N) is 3. The van der Waals surface area contributed by atoms with E-state index in [1.807, 2.05) is 30.3 Å². The van der Waals surface area contributed by atoms with Gasteiger partial charge in [-0.2, -0.15) is 0 Å². The number of nitrogens with two attached hydrogens (primary N) is 1. The Morgan fingerprint density at radius 2 is 1.87 bits per heavy atom. The molecule has 1 fully saturated rings. The fraction of sp³-hybridized carbons (Fsp3) is 0.304. The van der Waals surface area contributed by atoms with Gasteiger partial charge in [0.05, 0.1) is 11.8 Å². The van der Waals surface area contributed by atoms with Gasteiger partial charge in [-0.1, -0.05) is 65.9 Å². The normalized spacial score (nSPS) is 18.2. The van der Waals surface area contributed by atoms with Crippen LogP contribution in [0.25, 0.3) is 11.1 Å². The molecule has 4 rings (SSSR count). The molecule has 1 aliphatic heterocycles. The van der Waals surface area contributed by atoms with Crippen molar-refractivity contribution in [1.29, 1.82) is 0 Å². The van der Waals surface area contributed by atoms with Gasteiger partial charge in [0.15, 0.2) is 0 Å². The number of benzene rings is 2. The second kappa shape index (κ2) is 8.85. The summed E-state index contributed by atoms with van der Waals surface area (Å²) >= 11 is 1.22. The van der Waals surface area contributed by atoms with E-state index in [1.54, 1.807) is 11.9 Å². The van der Waals surface area contributed by atoms with Crippen LogP contribution in [-0.2, 0) is 22.4 Å². The second-order valence-electron chi connectivity index (χ2n) is 7.84. The van der Waals surface area contributed by atoms with E-state index in [4.69, 9.17) is 5.73 Å². The number of hydrogen-bond donors (Lipinski definition) is 2. The van der Waals surface area contributed by atoms with Crippen molar-refractivity contribution in [3.63, 3.8) is 0 Å². The van der Waals surface area contributed by atoms with Gasteiger partial charge in [-0.15, -0.1) is 10.2 Å². The topological polar surface area (TPSA) is 101 Å². The number of nitrogen functional groups attached to an aromatic ring is 1. The maximum atomic E-state index is 13.0. The molecule has 0 bridgehead atoms. The third-order valence-electron chi connectivity index (χ3n) is 5.83. The number of nitrogens with one attached hydrogen (secondary N) is 1. The van der Waals surface area contributed by atoms with E-state index in [2.05, 4.69) is 39.8 Å². The first-order valence-electron chi connectivity index (χ1n) is 10.2. The molecule has 1 atom stereocenters. The highest BCUT2D eigenvalue weighted by Crippen LogP contribution is 2.37. The molecule has 1 unspecified atom stereocenters. The van der Waals surface area contributed by atoms with Gasteiger partial charge in [-0.3, -0.25) is 9.59 Å². The quantitative estimate of drug-likeness (QED) is 0.620. The molecule has 2 aromatic carbocycles. The standard InChI is InChI=1S/C23H25N5O2S/c1-25-21(30)23(11-12-28(15-23)20(29)13-19-26-27-22(24)31-19)14-17-9-5-6-10-18(17)16-7-3-2-4-8-16/h2-10H,11-15H2,1H3,(H2,24,27)(H,25,30). The highest BCUT2D eigenvalue weighted by atomic mass is 32.1. The summed E-state index contributed by atoms with van der Waals surface area (Å²) in [5, 5.41) is 11.5. The number of carbonyl (C=O) groups is 2. The number of carbonyl (C=O) groups excluding carboxylic acids is 2. The van der Waals surface area contributed by atoms with Gasteiger partial charge in [0.2, 0.25) is 16.9 Å². The fourth-order valence-electron chi connectivity index (χ4n) is 4.28. The van der Waals surface area contributed by atoms with E-state index in [-0.39, 0.29) is 18.2 Å². The maximum Gasteiger partial charge on any atom is 0.229 e. The van der Waals surface area contributed by atoms with Crippen molar-refractivity contribution >= 4 is 28.3 Å². The van der Waals surface area contributed by atoms with Crippen LogP contribution in [-0.4, -0.2) is 47.0 Å². The first-order valence-corrected chi connectivity index (χ1v) is 11.0. The van der Waals surface area contributed by atoms with Crippen LogP contribution >= 0.6 is 11.3 Å². The summed E-state index contributed by atoms with van der Waals surface area (Å²) in [6, 6.07) is 18.3. The van der Waals surface area contributed by atoms with Crippen LogP contribution in [0.15, 0.2) is 54.6 Å². The number of amides is 2. The predicted octanol–water partition coefficient (Wildman–Crippen LogP) is 2.54. The molecule has 1 saturated heterocycles. The van der Waals surface area contributed by atoms with Crippen LogP contribution in [0.3, 0.4) is 0 Å². The second-order valence-corrected chi connectivity index (χ2v) is 8.93. The van der Waals surface area contributed by atoms with Gasteiger partial charge in [-0.25, -0.2) is 0 Å². The molecule has 7 nitrogen and oxygen atoms in total. The lowest BCUT2D eigenvalue weighted by molar-refractivity contribution is -0.132. The minimum Gasteiger partial charge on any atom is -0.374 e. The largest absolute Gasteiger partial charge is 0.374 e. The van der Waals surface area contributed by atoms with E-state index in [0.717, 1.165) is 16.7 Å². The van der Waals surface area contributed by atoms with E-state index in [0.29, 0.717) is 36.1 Å². The molecule has 3 N–H and O–H groups in total. The lowest BCUT2D eigenvalue weighted by Crippen LogP contribution is -2.44. The Labute approximate surface area is 185 Å². The van der Waals surface area contributed by atoms with Crippen LogP contribution in [0.2, 0.25) is 0 Å². The molecule has 160 valence electrons. The molecular weight excluding hydrogens is 410 g/mol. The number of rotatable bonds is 6. The zero-order valence-electron chi connectivity index (χ0n) is 17.4. The van der Waals surface area contributed by atoms with Gasteiger partial charge in [0.1, 0.15) is 5.01 Å². The van der Waals surface area contributed by atoms with Crippen molar-refractivity contribution in [3.05, 3.63) is 65.2 Å². The molecule has 0 aliphatic carbocycles. The lowest BCUT2D eigenvalue weighted by Gasteiger charge is -2.28. The van der Waals surface area contributed by atoms with Crippen LogP contribution in [0.5, 0.6) is 0 Å². The highest BCUT2D eigenvalue weighted by Gasteiger charge is 2.45. The first kappa shape index (κ1) is 21.0. The Morgan fingerprint density at radius 1 is 1.13 bits per heavy atom. The van der Waals surface area contributed by atoms with Gasteiger partial charge in [0, 0.05) is 20.1 Å². The van der Waals surface area contributed by atoms with Gasteiger partial charge in [-0.05, 0) is 29.5 Å². The van der Waals surface area contributed by atoms with E-state index < -0.39 is 5.41 Å². The molecule has 8 heteroatoms. The number of anilines is 1. The summed E-state index contributed by atoms with van der Waals surface area (Å²) in [5.41, 5.74) is 8.28. The van der Waals surface area contributed by atoms with Crippen molar-refractivity contribution in [2.75, 3.05) is 25.9 Å². The number of aromatic nitrogens is 2. The zero-order chi connectivity index (χ0) is 21.8. The Kier molecular flexibility index (Phi) is 5.99. The van der Waals surface area contributed by atoms with Crippen LogP contribution in [0.4, 0.5) is 5.13 Å². The molecular formula is C23H25N5O2S. The maximum absolute atomic E-state index is 13.0. The van der Waals surface area contributed by atoms with E-state index in [1.165, 1.54) is 11.3 Å². The summed E-state index contributed by atoms with van der Waals surface area (Å²) in [4.78, 5) is 27.6. The highest BCUT2D eigenvalue weighted by molar-refractivity contribution is 7.15. The summed E-state index contributed by atoms with van der Waals surface area (Å²) in [6.07, 6.45) is 1.33. The predicted molar refractivity (Wildman–Crippen MR) is 121 cm³/mol. The molecule has 1 aromatic heterocycles. The van der Waals surface area contributed by atoms with Crippen molar-refractivity contribution in [2.24, 2.45) is 5.41 Å². The van der Waals surface area contributed by atoms with Crippen LogP contribution in [0.1, 0.15) is 17.0 Å².